The van der Waals surface area contributed by atoms with E-state index < -0.39 is 0 Å². The summed E-state index contributed by atoms with van der Waals surface area (Å²) in [6.07, 6.45) is 9.69. The summed E-state index contributed by atoms with van der Waals surface area (Å²) in [6, 6.07) is 11.1. The topological polar surface area (TPSA) is 23.6 Å². The highest BCUT2D eigenvalue weighted by Gasteiger charge is 2.50. The van der Waals surface area contributed by atoms with Crippen LogP contribution in [0.5, 0.6) is 0 Å². The van der Waals surface area contributed by atoms with Gasteiger partial charge < -0.3 is 9.80 Å². The molecule has 23 heavy (non-hydrogen) atoms. The maximum atomic E-state index is 13.3. The van der Waals surface area contributed by atoms with Crippen LogP contribution >= 0.6 is 0 Å². The minimum absolute atomic E-state index is 0.106. The molecule has 3 heteroatoms. The van der Waals surface area contributed by atoms with Gasteiger partial charge in [-0.2, -0.15) is 0 Å². The van der Waals surface area contributed by atoms with E-state index in [0.29, 0.717) is 11.9 Å². The molecular weight excluding hydrogens is 284 g/mol. The van der Waals surface area contributed by atoms with Crippen LogP contribution in [-0.4, -0.2) is 36.5 Å². The van der Waals surface area contributed by atoms with Crippen molar-refractivity contribution in [1.82, 2.24) is 4.90 Å². The largest absolute Gasteiger partial charge is 0.370 e. The first kappa shape index (κ1) is 15.0. The molecule has 1 aromatic carbocycles. The van der Waals surface area contributed by atoms with Crippen LogP contribution in [0.15, 0.2) is 30.3 Å². The van der Waals surface area contributed by atoms with Crippen LogP contribution in [0, 0.1) is 5.41 Å². The zero-order valence-electron chi connectivity index (χ0n) is 14.0. The molecule has 124 valence electrons. The number of anilines is 1. The van der Waals surface area contributed by atoms with Crippen LogP contribution in [0.3, 0.4) is 0 Å². The van der Waals surface area contributed by atoms with Crippen molar-refractivity contribution in [2.45, 2.75) is 57.4 Å². The van der Waals surface area contributed by atoms with E-state index in [1.54, 1.807) is 0 Å². The molecule has 2 heterocycles. The van der Waals surface area contributed by atoms with Crippen molar-refractivity contribution in [3.63, 3.8) is 0 Å². The van der Waals surface area contributed by atoms with E-state index in [2.05, 4.69) is 40.1 Å². The van der Waals surface area contributed by atoms with Gasteiger partial charge in [0.25, 0.3) is 0 Å². The Morgan fingerprint density at radius 3 is 2.48 bits per heavy atom. The fourth-order valence-corrected chi connectivity index (χ4v) is 4.96. The second-order valence-electron chi connectivity index (χ2n) is 7.68. The standard InChI is InChI=1S/C20H28N2O/c23-19-20(13-15-22(19)18-10-5-2-6-11-18)12-7-14-21(16-20)17-8-3-1-4-9-17/h1,3-4,8-9,18H,2,5-7,10-16H2/t20-/m0/s1. The Morgan fingerprint density at radius 1 is 0.913 bits per heavy atom. The lowest BCUT2D eigenvalue weighted by molar-refractivity contribution is -0.138. The molecule has 0 aromatic heterocycles. The van der Waals surface area contributed by atoms with Gasteiger partial charge in [0.15, 0.2) is 0 Å². The number of nitrogens with zero attached hydrogens (tertiary/aromatic N) is 2. The minimum atomic E-state index is -0.106. The smallest absolute Gasteiger partial charge is 0.230 e. The van der Waals surface area contributed by atoms with Gasteiger partial charge in [0.05, 0.1) is 5.41 Å². The van der Waals surface area contributed by atoms with Crippen molar-refractivity contribution in [2.24, 2.45) is 5.41 Å². The van der Waals surface area contributed by atoms with Gasteiger partial charge in [0, 0.05) is 31.4 Å². The van der Waals surface area contributed by atoms with Crippen LogP contribution in [0.25, 0.3) is 0 Å². The van der Waals surface area contributed by atoms with Crippen molar-refractivity contribution in [3.8, 4) is 0 Å². The van der Waals surface area contributed by atoms with Crippen molar-refractivity contribution in [2.75, 3.05) is 24.5 Å². The third-order valence-corrected chi connectivity index (χ3v) is 6.26. The molecule has 2 saturated heterocycles. The summed E-state index contributed by atoms with van der Waals surface area (Å²) >= 11 is 0. The van der Waals surface area contributed by atoms with Gasteiger partial charge in [0.1, 0.15) is 0 Å². The van der Waals surface area contributed by atoms with Gasteiger partial charge in [-0.1, -0.05) is 37.5 Å². The van der Waals surface area contributed by atoms with Gasteiger partial charge in [-0.3, -0.25) is 4.79 Å². The first-order valence-electron chi connectivity index (χ1n) is 9.40. The zero-order valence-corrected chi connectivity index (χ0v) is 14.0. The zero-order chi connectivity index (χ0) is 15.7. The number of carbonyl (C=O) groups excluding carboxylic acids is 1. The summed E-state index contributed by atoms with van der Waals surface area (Å²) in [7, 11) is 0. The molecule has 4 rings (SSSR count). The Hall–Kier alpha value is -1.51. The maximum absolute atomic E-state index is 13.3. The van der Waals surface area contributed by atoms with E-state index in [4.69, 9.17) is 0 Å². The molecule has 1 aliphatic carbocycles. The van der Waals surface area contributed by atoms with Crippen molar-refractivity contribution >= 4 is 11.6 Å². The molecule has 0 unspecified atom stereocenters. The summed E-state index contributed by atoms with van der Waals surface area (Å²) in [5, 5.41) is 0. The molecule has 0 bridgehead atoms. The molecular formula is C20H28N2O. The van der Waals surface area contributed by atoms with Gasteiger partial charge in [-0.05, 0) is 44.2 Å². The molecule has 3 nitrogen and oxygen atoms in total. The molecule has 0 N–H and O–H groups in total. The second kappa shape index (κ2) is 6.18. The lowest BCUT2D eigenvalue weighted by Gasteiger charge is -2.41. The Labute approximate surface area is 139 Å². The van der Waals surface area contributed by atoms with E-state index in [1.807, 2.05) is 0 Å². The molecule has 3 aliphatic rings. The number of rotatable bonds is 2. The molecule has 3 fully saturated rings. The first-order valence-corrected chi connectivity index (χ1v) is 9.40. The summed E-state index contributed by atoms with van der Waals surface area (Å²) in [5.74, 6) is 0.463. The number of hydrogen-bond donors (Lipinski definition) is 0. The Morgan fingerprint density at radius 2 is 1.70 bits per heavy atom. The third-order valence-electron chi connectivity index (χ3n) is 6.26. The third kappa shape index (κ3) is 2.75. The highest BCUT2D eigenvalue weighted by atomic mass is 16.2. The minimum Gasteiger partial charge on any atom is -0.370 e. The van der Waals surface area contributed by atoms with E-state index in [0.717, 1.165) is 38.9 Å². The van der Waals surface area contributed by atoms with Crippen LogP contribution < -0.4 is 4.90 Å². The predicted molar refractivity (Wildman–Crippen MR) is 93.5 cm³/mol. The van der Waals surface area contributed by atoms with Crippen LogP contribution in [-0.2, 0) is 4.79 Å². The Kier molecular flexibility index (Phi) is 4.04. The predicted octanol–water partition coefficient (Wildman–Crippen LogP) is 3.84. The molecule has 2 aliphatic heterocycles. The molecule has 1 spiro atoms. The molecule has 0 radical (unpaired) electrons. The molecule has 1 saturated carbocycles. The first-order chi connectivity index (χ1) is 11.3. The number of amides is 1. The molecule has 1 aromatic rings. The summed E-state index contributed by atoms with van der Waals surface area (Å²) in [6.45, 7) is 2.99. The lowest BCUT2D eigenvalue weighted by Crippen LogP contribution is -2.49. The number of hydrogen-bond acceptors (Lipinski definition) is 2. The molecule has 1 atom stereocenters. The van der Waals surface area contributed by atoms with Crippen molar-refractivity contribution in [1.29, 1.82) is 0 Å². The van der Waals surface area contributed by atoms with Crippen molar-refractivity contribution in [3.05, 3.63) is 30.3 Å². The summed E-state index contributed by atoms with van der Waals surface area (Å²) < 4.78 is 0. The van der Waals surface area contributed by atoms with Crippen LogP contribution in [0.4, 0.5) is 5.69 Å². The van der Waals surface area contributed by atoms with Gasteiger partial charge >= 0.3 is 0 Å². The van der Waals surface area contributed by atoms with Crippen LogP contribution in [0.1, 0.15) is 51.4 Å². The summed E-state index contributed by atoms with van der Waals surface area (Å²) in [5.41, 5.74) is 1.17. The number of benzene rings is 1. The van der Waals surface area contributed by atoms with Gasteiger partial charge in [-0.15, -0.1) is 0 Å². The summed E-state index contributed by atoms with van der Waals surface area (Å²) in [4.78, 5) is 18.0. The highest BCUT2D eigenvalue weighted by molar-refractivity contribution is 5.86. The average molecular weight is 312 g/mol. The quantitative estimate of drug-likeness (QED) is 0.828. The van der Waals surface area contributed by atoms with Gasteiger partial charge in [0.2, 0.25) is 5.91 Å². The number of para-hydroxylation sites is 1. The normalized spacial score (nSPS) is 29.5. The Bertz CT molecular complexity index is 552. The van der Waals surface area contributed by atoms with Crippen molar-refractivity contribution < 1.29 is 4.79 Å². The number of piperidine rings is 1. The number of carbonyl (C=O) groups is 1. The number of likely N-dealkylation sites (tertiary alicyclic amines) is 1. The van der Waals surface area contributed by atoms with Crippen LogP contribution in [0.2, 0.25) is 0 Å². The monoisotopic (exact) mass is 312 g/mol. The van der Waals surface area contributed by atoms with E-state index in [1.165, 1.54) is 37.8 Å². The fraction of sp³-hybridized carbons (Fsp3) is 0.650. The van der Waals surface area contributed by atoms with E-state index in [9.17, 15) is 4.79 Å². The fourth-order valence-electron chi connectivity index (χ4n) is 4.96. The highest BCUT2D eigenvalue weighted by Crippen LogP contribution is 2.43. The van der Waals surface area contributed by atoms with E-state index >= 15 is 0 Å². The maximum Gasteiger partial charge on any atom is 0.230 e. The Balaban J connectivity index is 1.50. The SMILES string of the molecule is O=C1N(C2CCCCC2)CC[C@]12CCCN(c1ccccc1)C2. The second-order valence-corrected chi connectivity index (χ2v) is 7.68. The molecule has 1 amide bonds. The van der Waals surface area contributed by atoms with E-state index in [-0.39, 0.29) is 5.41 Å². The lowest BCUT2D eigenvalue weighted by atomic mass is 9.78. The van der Waals surface area contributed by atoms with Gasteiger partial charge in [-0.25, -0.2) is 0 Å². The average Bonchev–Trinajstić information content (AvgIpc) is 2.93.